The number of rotatable bonds is 3. The van der Waals surface area contributed by atoms with E-state index < -0.39 is 12.0 Å². The molecule has 1 fully saturated rings. The van der Waals surface area contributed by atoms with Gasteiger partial charge in [0, 0.05) is 6.42 Å². The Morgan fingerprint density at radius 1 is 1.24 bits per heavy atom. The average Bonchev–Trinajstić information content (AvgIpc) is 2.33. The van der Waals surface area contributed by atoms with E-state index in [0.717, 1.165) is 18.4 Å². The van der Waals surface area contributed by atoms with Gasteiger partial charge in [-0.3, -0.25) is 0 Å². The summed E-state index contributed by atoms with van der Waals surface area (Å²) < 4.78 is 28.1. The molecular formula is C14H19F2N. The number of halogens is 2. The molecule has 1 aliphatic heterocycles. The van der Waals surface area contributed by atoms with Gasteiger partial charge >= 0.3 is 0 Å². The fourth-order valence-electron chi connectivity index (χ4n) is 2.31. The van der Waals surface area contributed by atoms with Crippen molar-refractivity contribution in [2.24, 2.45) is 0 Å². The smallest absolute Gasteiger partial charge is 0.267 e. The maximum absolute atomic E-state index is 14.0. The number of hydrogen-bond acceptors (Lipinski definition) is 1. The van der Waals surface area contributed by atoms with Gasteiger partial charge in [0.05, 0.1) is 6.04 Å². The third-order valence-corrected chi connectivity index (χ3v) is 3.38. The average molecular weight is 239 g/mol. The number of hydrogen-bond donors (Lipinski definition) is 1. The van der Waals surface area contributed by atoms with Crippen LogP contribution in [0.4, 0.5) is 8.78 Å². The summed E-state index contributed by atoms with van der Waals surface area (Å²) in [5, 5.41) is 2.94. The monoisotopic (exact) mass is 239 g/mol. The van der Waals surface area contributed by atoms with Crippen LogP contribution >= 0.6 is 0 Å². The van der Waals surface area contributed by atoms with Gasteiger partial charge in [-0.1, -0.05) is 36.2 Å². The summed E-state index contributed by atoms with van der Waals surface area (Å²) in [6.07, 6.45) is 2.34. The van der Waals surface area contributed by atoms with E-state index in [1.54, 1.807) is 12.1 Å². The molecule has 1 saturated heterocycles. The number of nitrogens with one attached hydrogen (secondary N) is 1. The molecule has 1 atom stereocenters. The highest BCUT2D eigenvalue weighted by atomic mass is 19.3. The molecule has 0 amide bonds. The molecule has 1 N–H and O–H groups in total. The molecule has 0 spiro atoms. The Labute approximate surface area is 101 Å². The lowest BCUT2D eigenvalue weighted by molar-refractivity contribution is -0.0441. The first kappa shape index (κ1) is 12.5. The number of alkyl halides is 2. The highest BCUT2D eigenvalue weighted by molar-refractivity contribution is 5.22. The molecular weight excluding hydrogens is 220 g/mol. The maximum Gasteiger partial charge on any atom is 0.267 e. The maximum atomic E-state index is 14.0. The molecule has 3 heteroatoms. The van der Waals surface area contributed by atoms with Gasteiger partial charge < -0.3 is 5.32 Å². The van der Waals surface area contributed by atoms with Crippen molar-refractivity contribution in [3.8, 4) is 0 Å². The van der Waals surface area contributed by atoms with Crippen molar-refractivity contribution >= 4 is 0 Å². The second-order valence-corrected chi connectivity index (χ2v) is 4.93. The Morgan fingerprint density at radius 2 is 1.94 bits per heavy atom. The van der Waals surface area contributed by atoms with Gasteiger partial charge in [-0.25, -0.2) is 8.78 Å². The van der Waals surface area contributed by atoms with Gasteiger partial charge in [-0.2, -0.15) is 0 Å². The van der Waals surface area contributed by atoms with Crippen LogP contribution in [0.15, 0.2) is 24.3 Å². The summed E-state index contributed by atoms with van der Waals surface area (Å²) in [7, 11) is 0. The van der Waals surface area contributed by atoms with Gasteiger partial charge in [0.1, 0.15) is 0 Å². The molecule has 0 aliphatic carbocycles. The van der Waals surface area contributed by atoms with Crippen molar-refractivity contribution in [3.63, 3.8) is 0 Å². The fourth-order valence-corrected chi connectivity index (χ4v) is 2.31. The van der Waals surface area contributed by atoms with Gasteiger partial charge in [0.25, 0.3) is 5.92 Å². The molecule has 1 nitrogen and oxygen atoms in total. The predicted octanol–water partition coefficient (Wildman–Crippen LogP) is 3.31. The number of piperidine rings is 1. The molecule has 0 radical (unpaired) electrons. The van der Waals surface area contributed by atoms with E-state index >= 15 is 0 Å². The molecule has 0 aromatic heterocycles. The summed E-state index contributed by atoms with van der Waals surface area (Å²) in [5.74, 6) is -2.64. The van der Waals surface area contributed by atoms with Crippen molar-refractivity contribution in [2.45, 2.75) is 44.6 Å². The summed E-state index contributed by atoms with van der Waals surface area (Å²) in [5.41, 5.74) is 1.82. The van der Waals surface area contributed by atoms with Crippen LogP contribution in [-0.4, -0.2) is 18.5 Å². The number of aryl methyl sites for hydroxylation is 1. The van der Waals surface area contributed by atoms with Crippen LogP contribution in [0.5, 0.6) is 0 Å². The minimum absolute atomic E-state index is 0.162. The molecule has 0 bridgehead atoms. The second kappa shape index (κ2) is 5.13. The molecule has 2 rings (SSSR count). The van der Waals surface area contributed by atoms with Crippen molar-refractivity contribution in [3.05, 3.63) is 35.4 Å². The van der Waals surface area contributed by atoms with Crippen LogP contribution in [0, 0.1) is 6.92 Å². The summed E-state index contributed by atoms with van der Waals surface area (Å²) in [6, 6.07) is 6.72. The van der Waals surface area contributed by atoms with Gasteiger partial charge in [0.15, 0.2) is 0 Å². The van der Waals surface area contributed by atoms with Crippen LogP contribution in [-0.2, 0) is 6.42 Å². The van der Waals surface area contributed by atoms with E-state index in [2.05, 4.69) is 5.32 Å². The van der Waals surface area contributed by atoms with Crippen molar-refractivity contribution in [1.29, 1.82) is 0 Å². The van der Waals surface area contributed by atoms with Gasteiger partial charge in [0.2, 0.25) is 0 Å². The third-order valence-electron chi connectivity index (χ3n) is 3.38. The SMILES string of the molecule is Cc1ccc(CC(F)(F)C2CCCCN2)cc1. The van der Waals surface area contributed by atoms with Crippen molar-refractivity contribution in [1.82, 2.24) is 5.32 Å². The molecule has 1 aromatic rings. The molecule has 1 unspecified atom stereocenters. The van der Waals surface area contributed by atoms with E-state index in [1.165, 1.54) is 0 Å². The van der Waals surface area contributed by atoms with E-state index in [0.29, 0.717) is 18.5 Å². The molecule has 94 valence electrons. The van der Waals surface area contributed by atoms with Crippen molar-refractivity contribution in [2.75, 3.05) is 6.54 Å². The normalized spacial score (nSPS) is 21.5. The minimum Gasteiger partial charge on any atom is -0.309 e. The lowest BCUT2D eigenvalue weighted by atomic mass is 9.94. The van der Waals surface area contributed by atoms with Crippen LogP contribution in [0.2, 0.25) is 0 Å². The quantitative estimate of drug-likeness (QED) is 0.853. The summed E-state index contributed by atoms with van der Waals surface area (Å²) in [4.78, 5) is 0. The Bertz CT molecular complexity index is 353. The molecule has 1 aliphatic rings. The highest BCUT2D eigenvalue weighted by Crippen LogP contribution is 2.28. The zero-order chi connectivity index (χ0) is 12.3. The van der Waals surface area contributed by atoms with E-state index in [4.69, 9.17) is 0 Å². The Balaban J connectivity index is 2.02. The standard InChI is InChI=1S/C14H19F2N/c1-11-5-7-12(8-6-11)10-14(15,16)13-4-2-3-9-17-13/h5-8,13,17H,2-4,9-10H2,1H3. The van der Waals surface area contributed by atoms with E-state index in [-0.39, 0.29) is 6.42 Å². The predicted molar refractivity (Wildman–Crippen MR) is 65.5 cm³/mol. The molecule has 0 saturated carbocycles. The minimum atomic E-state index is -2.64. The lowest BCUT2D eigenvalue weighted by Crippen LogP contribution is -2.48. The third kappa shape index (κ3) is 3.25. The first-order valence-electron chi connectivity index (χ1n) is 6.25. The van der Waals surface area contributed by atoms with Crippen LogP contribution in [0.1, 0.15) is 30.4 Å². The molecule has 17 heavy (non-hydrogen) atoms. The number of benzene rings is 1. The van der Waals surface area contributed by atoms with E-state index in [1.807, 2.05) is 19.1 Å². The zero-order valence-corrected chi connectivity index (χ0v) is 10.2. The topological polar surface area (TPSA) is 12.0 Å². The second-order valence-electron chi connectivity index (χ2n) is 4.93. The zero-order valence-electron chi connectivity index (χ0n) is 10.2. The summed E-state index contributed by atoms with van der Waals surface area (Å²) >= 11 is 0. The van der Waals surface area contributed by atoms with Crippen LogP contribution in [0.3, 0.4) is 0 Å². The fraction of sp³-hybridized carbons (Fsp3) is 0.571. The van der Waals surface area contributed by atoms with Crippen molar-refractivity contribution < 1.29 is 8.78 Å². The first-order chi connectivity index (χ1) is 8.08. The van der Waals surface area contributed by atoms with Crippen LogP contribution in [0.25, 0.3) is 0 Å². The Kier molecular flexibility index (Phi) is 3.77. The first-order valence-corrected chi connectivity index (χ1v) is 6.25. The highest BCUT2D eigenvalue weighted by Gasteiger charge is 2.39. The Hall–Kier alpha value is -0.960. The van der Waals surface area contributed by atoms with Crippen LogP contribution < -0.4 is 5.32 Å². The van der Waals surface area contributed by atoms with Gasteiger partial charge in [-0.15, -0.1) is 0 Å². The molecule has 1 heterocycles. The lowest BCUT2D eigenvalue weighted by Gasteiger charge is -2.31. The largest absolute Gasteiger partial charge is 0.309 e. The summed E-state index contributed by atoms with van der Waals surface area (Å²) in [6.45, 7) is 2.68. The molecule has 1 aromatic carbocycles. The Morgan fingerprint density at radius 3 is 2.53 bits per heavy atom. The van der Waals surface area contributed by atoms with Gasteiger partial charge in [-0.05, 0) is 31.9 Å². The van der Waals surface area contributed by atoms with E-state index in [9.17, 15) is 8.78 Å².